The molecule has 1 aliphatic rings. The molecule has 2 atom stereocenters. The van der Waals surface area contributed by atoms with Gasteiger partial charge in [0, 0.05) is 24.9 Å². The molecule has 16 heavy (non-hydrogen) atoms. The van der Waals surface area contributed by atoms with Gasteiger partial charge in [0.05, 0.1) is 0 Å². The standard InChI is InChI=1S/C14H19NO/c1-11-13(16)15(3)10-9-14(11,2)12-7-5-4-6-8-12/h4-8,11H,9-10H2,1-3H3/t11-,14+/m0/s1. The van der Waals surface area contributed by atoms with Crippen molar-refractivity contribution in [1.82, 2.24) is 4.90 Å². The Hall–Kier alpha value is -1.31. The fraction of sp³-hybridized carbons (Fsp3) is 0.500. The lowest BCUT2D eigenvalue weighted by atomic mass is 9.68. The normalized spacial score (nSPS) is 30.6. The van der Waals surface area contributed by atoms with Crippen molar-refractivity contribution >= 4 is 5.91 Å². The van der Waals surface area contributed by atoms with E-state index in [4.69, 9.17) is 0 Å². The Kier molecular flexibility index (Phi) is 2.75. The second kappa shape index (κ2) is 3.93. The number of likely N-dealkylation sites (tertiary alicyclic amines) is 1. The molecule has 0 radical (unpaired) electrons. The number of amides is 1. The SMILES string of the molecule is C[C@H]1C(=O)N(C)CC[C@@]1(C)c1ccccc1. The second-order valence-electron chi connectivity index (χ2n) is 5.01. The van der Waals surface area contributed by atoms with Crippen LogP contribution in [-0.2, 0) is 10.2 Å². The summed E-state index contributed by atoms with van der Waals surface area (Å²) in [5, 5.41) is 0. The van der Waals surface area contributed by atoms with Gasteiger partial charge in [-0.3, -0.25) is 4.79 Å². The Balaban J connectivity index is 2.36. The van der Waals surface area contributed by atoms with Crippen LogP contribution < -0.4 is 0 Å². The predicted molar refractivity (Wildman–Crippen MR) is 65.2 cm³/mol. The minimum Gasteiger partial charge on any atom is -0.345 e. The van der Waals surface area contributed by atoms with Gasteiger partial charge in [-0.05, 0) is 12.0 Å². The highest BCUT2D eigenvalue weighted by Gasteiger charge is 2.42. The van der Waals surface area contributed by atoms with Crippen LogP contribution >= 0.6 is 0 Å². The van der Waals surface area contributed by atoms with Crippen molar-refractivity contribution in [1.29, 1.82) is 0 Å². The average Bonchev–Trinajstić information content (AvgIpc) is 2.33. The fourth-order valence-electron chi connectivity index (χ4n) is 2.54. The van der Waals surface area contributed by atoms with Gasteiger partial charge < -0.3 is 4.90 Å². The van der Waals surface area contributed by atoms with Crippen LogP contribution in [0.3, 0.4) is 0 Å². The molecule has 0 spiro atoms. The summed E-state index contributed by atoms with van der Waals surface area (Å²) in [6.07, 6.45) is 1.04. The maximum Gasteiger partial charge on any atom is 0.226 e. The number of piperidine rings is 1. The van der Waals surface area contributed by atoms with E-state index in [1.54, 1.807) is 0 Å². The highest BCUT2D eigenvalue weighted by atomic mass is 16.2. The van der Waals surface area contributed by atoms with Crippen LogP contribution in [0.4, 0.5) is 0 Å². The Morgan fingerprint density at radius 3 is 2.56 bits per heavy atom. The summed E-state index contributed by atoms with van der Waals surface area (Å²) < 4.78 is 0. The maximum atomic E-state index is 12.0. The van der Waals surface area contributed by atoms with Gasteiger partial charge in [0.25, 0.3) is 0 Å². The van der Waals surface area contributed by atoms with Crippen molar-refractivity contribution in [2.24, 2.45) is 5.92 Å². The summed E-state index contributed by atoms with van der Waals surface area (Å²) in [7, 11) is 1.89. The summed E-state index contributed by atoms with van der Waals surface area (Å²) in [5.41, 5.74) is 1.27. The molecule has 86 valence electrons. The molecular weight excluding hydrogens is 198 g/mol. The molecule has 1 amide bonds. The Morgan fingerprint density at radius 2 is 1.94 bits per heavy atom. The first kappa shape index (κ1) is 11.2. The third-order valence-electron chi connectivity index (χ3n) is 4.10. The minimum atomic E-state index is -0.00907. The van der Waals surface area contributed by atoms with Gasteiger partial charge in [0.15, 0.2) is 0 Å². The van der Waals surface area contributed by atoms with Crippen molar-refractivity contribution in [3.63, 3.8) is 0 Å². The number of carbonyl (C=O) groups excluding carboxylic acids is 1. The zero-order valence-corrected chi connectivity index (χ0v) is 10.2. The van der Waals surface area contributed by atoms with Gasteiger partial charge >= 0.3 is 0 Å². The van der Waals surface area contributed by atoms with Gasteiger partial charge in [-0.15, -0.1) is 0 Å². The molecule has 0 aromatic heterocycles. The van der Waals surface area contributed by atoms with E-state index in [9.17, 15) is 4.79 Å². The van der Waals surface area contributed by atoms with Crippen LogP contribution in [-0.4, -0.2) is 24.4 Å². The third kappa shape index (κ3) is 1.62. The molecule has 2 nitrogen and oxygen atoms in total. The lowest BCUT2D eigenvalue weighted by molar-refractivity contribution is -0.139. The van der Waals surface area contributed by atoms with Crippen molar-refractivity contribution in [2.75, 3.05) is 13.6 Å². The van der Waals surface area contributed by atoms with E-state index in [1.165, 1.54) is 5.56 Å². The predicted octanol–water partition coefficient (Wildman–Crippen LogP) is 2.44. The van der Waals surface area contributed by atoms with E-state index in [1.807, 2.05) is 24.9 Å². The van der Waals surface area contributed by atoms with Crippen LogP contribution in [0.1, 0.15) is 25.8 Å². The van der Waals surface area contributed by atoms with E-state index in [0.717, 1.165) is 13.0 Å². The molecule has 1 aliphatic heterocycles. The topological polar surface area (TPSA) is 20.3 Å². The van der Waals surface area contributed by atoms with E-state index >= 15 is 0 Å². The van der Waals surface area contributed by atoms with Gasteiger partial charge in [-0.2, -0.15) is 0 Å². The minimum absolute atomic E-state index is 0.00907. The van der Waals surface area contributed by atoms with Crippen molar-refractivity contribution in [3.05, 3.63) is 35.9 Å². The number of rotatable bonds is 1. The summed E-state index contributed by atoms with van der Waals surface area (Å²) in [6.45, 7) is 5.11. The van der Waals surface area contributed by atoms with E-state index in [2.05, 4.69) is 31.2 Å². The smallest absolute Gasteiger partial charge is 0.226 e. The molecule has 0 aliphatic carbocycles. The van der Waals surface area contributed by atoms with Crippen molar-refractivity contribution < 1.29 is 4.79 Å². The molecule has 1 saturated heterocycles. The molecular formula is C14H19NO. The van der Waals surface area contributed by atoms with Gasteiger partial charge in [-0.25, -0.2) is 0 Å². The zero-order valence-electron chi connectivity index (χ0n) is 10.2. The summed E-state index contributed by atoms with van der Waals surface area (Å²) in [6, 6.07) is 10.4. The largest absolute Gasteiger partial charge is 0.345 e. The number of carbonyl (C=O) groups is 1. The molecule has 1 aromatic carbocycles. The van der Waals surface area contributed by atoms with Gasteiger partial charge in [0.2, 0.25) is 5.91 Å². The monoisotopic (exact) mass is 217 g/mol. The maximum absolute atomic E-state index is 12.0. The molecule has 1 fully saturated rings. The van der Waals surface area contributed by atoms with Crippen LogP contribution in [0.15, 0.2) is 30.3 Å². The second-order valence-corrected chi connectivity index (χ2v) is 5.01. The summed E-state index contributed by atoms with van der Waals surface area (Å²) >= 11 is 0. The first-order chi connectivity index (χ1) is 7.55. The zero-order chi connectivity index (χ0) is 11.8. The first-order valence-electron chi connectivity index (χ1n) is 5.86. The molecule has 1 heterocycles. The number of hydrogen-bond donors (Lipinski definition) is 0. The summed E-state index contributed by atoms with van der Waals surface area (Å²) in [5.74, 6) is 0.325. The molecule has 2 rings (SSSR count). The number of benzene rings is 1. The average molecular weight is 217 g/mol. The van der Waals surface area contributed by atoms with Crippen LogP contribution in [0.25, 0.3) is 0 Å². The molecule has 2 heteroatoms. The Morgan fingerprint density at radius 1 is 1.31 bits per heavy atom. The van der Waals surface area contributed by atoms with Crippen LogP contribution in [0.5, 0.6) is 0 Å². The van der Waals surface area contributed by atoms with Crippen LogP contribution in [0, 0.1) is 5.92 Å². The van der Waals surface area contributed by atoms with E-state index < -0.39 is 0 Å². The lowest BCUT2D eigenvalue weighted by Gasteiger charge is -2.43. The highest BCUT2D eigenvalue weighted by Crippen LogP contribution is 2.39. The van der Waals surface area contributed by atoms with Gasteiger partial charge in [0.1, 0.15) is 0 Å². The Labute approximate surface area is 97.3 Å². The molecule has 0 N–H and O–H groups in total. The first-order valence-corrected chi connectivity index (χ1v) is 5.86. The molecule has 0 bridgehead atoms. The molecule has 1 aromatic rings. The lowest BCUT2D eigenvalue weighted by Crippen LogP contribution is -2.49. The van der Waals surface area contributed by atoms with Crippen molar-refractivity contribution in [3.8, 4) is 0 Å². The molecule has 0 unspecified atom stereocenters. The third-order valence-corrected chi connectivity index (χ3v) is 4.10. The van der Waals surface area contributed by atoms with Crippen LogP contribution in [0.2, 0.25) is 0 Å². The van der Waals surface area contributed by atoms with Crippen molar-refractivity contribution in [2.45, 2.75) is 25.7 Å². The summed E-state index contributed by atoms with van der Waals surface area (Å²) in [4.78, 5) is 13.9. The number of nitrogens with zero attached hydrogens (tertiary/aromatic N) is 1. The number of hydrogen-bond acceptors (Lipinski definition) is 1. The van der Waals surface area contributed by atoms with Gasteiger partial charge in [-0.1, -0.05) is 44.2 Å². The highest BCUT2D eigenvalue weighted by molar-refractivity contribution is 5.81. The van der Waals surface area contributed by atoms with E-state index in [-0.39, 0.29) is 17.2 Å². The van der Waals surface area contributed by atoms with E-state index in [0.29, 0.717) is 0 Å². The Bertz CT molecular complexity index is 387. The molecule has 0 saturated carbocycles. The quantitative estimate of drug-likeness (QED) is 0.707. The fourth-order valence-corrected chi connectivity index (χ4v) is 2.54.